The fourth-order valence-corrected chi connectivity index (χ4v) is 2.37. The molecule has 1 fully saturated rings. The highest BCUT2D eigenvalue weighted by molar-refractivity contribution is 6.33. The van der Waals surface area contributed by atoms with Crippen molar-refractivity contribution in [2.45, 2.75) is 38.6 Å². The SMILES string of the molecule is CC1CCC(Nc2cc(Cl)nnc2Cl)CC1. The van der Waals surface area contributed by atoms with Gasteiger partial charge in [-0.2, -0.15) is 0 Å². The lowest BCUT2D eigenvalue weighted by Crippen LogP contribution is -2.25. The Balaban J connectivity index is 2.00. The molecular formula is C11H15Cl2N3. The topological polar surface area (TPSA) is 37.8 Å². The third kappa shape index (κ3) is 2.98. The standard InChI is InChI=1S/C11H15Cl2N3/c1-7-2-4-8(5-3-7)14-9-6-10(12)15-16-11(9)13/h6-8H,2-5H2,1H3,(H,14,15). The first-order valence-electron chi connectivity index (χ1n) is 5.60. The van der Waals surface area contributed by atoms with E-state index in [0.717, 1.165) is 11.6 Å². The number of nitrogens with zero attached hydrogens (tertiary/aromatic N) is 2. The second-order valence-electron chi connectivity index (χ2n) is 4.47. The molecule has 1 heterocycles. The molecule has 5 heteroatoms. The van der Waals surface area contributed by atoms with Crippen molar-refractivity contribution in [1.29, 1.82) is 0 Å². The Labute approximate surface area is 106 Å². The van der Waals surface area contributed by atoms with Crippen LogP contribution in [-0.4, -0.2) is 16.2 Å². The van der Waals surface area contributed by atoms with Gasteiger partial charge in [0.05, 0.1) is 5.69 Å². The summed E-state index contributed by atoms with van der Waals surface area (Å²) in [7, 11) is 0. The smallest absolute Gasteiger partial charge is 0.174 e. The Hall–Kier alpha value is -0.540. The quantitative estimate of drug-likeness (QED) is 0.879. The number of anilines is 1. The molecule has 0 unspecified atom stereocenters. The summed E-state index contributed by atoms with van der Waals surface area (Å²) >= 11 is 11.7. The van der Waals surface area contributed by atoms with Crippen LogP contribution in [0.15, 0.2) is 6.07 Å². The summed E-state index contributed by atoms with van der Waals surface area (Å²) in [6.07, 6.45) is 4.89. The number of hydrogen-bond acceptors (Lipinski definition) is 3. The highest BCUT2D eigenvalue weighted by Gasteiger charge is 2.19. The third-order valence-corrected chi connectivity index (χ3v) is 3.56. The van der Waals surface area contributed by atoms with Gasteiger partial charge in [-0.3, -0.25) is 0 Å². The molecule has 1 N–H and O–H groups in total. The predicted molar refractivity (Wildman–Crippen MR) is 67.1 cm³/mol. The van der Waals surface area contributed by atoms with Gasteiger partial charge in [-0.1, -0.05) is 30.1 Å². The molecule has 16 heavy (non-hydrogen) atoms. The number of rotatable bonds is 2. The van der Waals surface area contributed by atoms with Crippen molar-refractivity contribution in [3.63, 3.8) is 0 Å². The molecule has 1 aliphatic carbocycles. The second-order valence-corrected chi connectivity index (χ2v) is 5.22. The Morgan fingerprint density at radius 3 is 2.56 bits per heavy atom. The van der Waals surface area contributed by atoms with Crippen LogP contribution in [0.4, 0.5) is 5.69 Å². The van der Waals surface area contributed by atoms with Crippen molar-refractivity contribution in [3.8, 4) is 0 Å². The Bertz CT molecular complexity index is 362. The second kappa shape index (κ2) is 5.19. The third-order valence-electron chi connectivity index (χ3n) is 3.09. The summed E-state index contributed by atoms with van der Waals surface area (Å²) in [5, 5.41) is 11.6. The molecule has 0 saturated heterocycles. The van der Waals surface area contributed by atoms with Gasteiger partial charge in [-0.15, -0.1) is 10.2 Å². The average molecular weight is 260 g/mol. The van der Waals surface area contributed by atoms with Crippen LogP contribution in [0.1, 0.15) is 32.6 Å². The van der Waals surface area contributed by atoms with Gasteiger partial charge in [0.25, 0.3) is 0 Å². The molecule has 88 valence electrons. The molecule has 0 radical (unpaired) electrons. The van der Waals surface area contributed by atoms with E-state index in [9.17, 15) is 0 Å². The Kier molecular flexibility index (Phi) is 3.87. The summed E-state index contributed by atoms with van der Waals surface area (Å²) in [4.78, 5) is 0. The minimum absolute atomic E-state index is 0.371. The Morgan fingerprint density at radius 1 is 1.19 bits per heavy atom. The van der Waals surface area contributed by atoms with E-state index in [4.69, 9.17) is 23.2 Å². The predicted octanol–water partition coefficient (Wildman–Crippen LogP) is 3.77. The van der Waals surface area contributed by atoms with Gasteiger partial charge < -0.3 is 5.32 Å². The van der Waals surface area contributed by atoms with Crippen LogP contribution in [0.5, 0.6) is 0 Å². The molecule has 1 aromatic rings. The van der Waals surface area contributed by atoms with Crippen LogP contribution >= 0.6 is 23.2 Å². The van der Waals surface area contributed by atoms with Gasteiger partial charge in [0.1, 0.15) is 0 Å². The lowest BCUT2D eigenvalue weighted by atomic mass is 9.87. The van der Waals surface area contributed by atoms with Gasteiger partial charge in [0.2, 0.25) is 0 Å². The summed E-state index contributed by atoms with van der Waals surface area (Å²) in [6, 6.07) is 2.21. The molecule has 1 saturated carbocycles. The summed E-state index contributed by atoms with van der Waals surface area (Å²) < 4.78 is 0. The first-order chi connectivity index (χ1) is 7.65. The van der Waals surface area contributed by atoms with Crippen molar-refractivity contribution < 1.29 is 0 Å². The monoisotopic (exact) mass is 259 g/mol. The molecule has 1 aliphatic rings. The van der Waals surface area contributed by atoms with E-state index in [1.54, 1.807) is 6.07 Å². The molecule has 0 spiro atoms. The highest BCUT2D eigenvalue weighted by Crippen LogP contribution is 2.28. The van der Waals surface area contributed by atoms with E-state index < -0.39 is 0 Å². The minimum Gasteiger partial charge on any atom is -0.380 e. The zero-order valence-corrected chi connectivity index (χ0v) is 10.7. The van der Waals surface area contributed by atoms with Crippen molar-refractivity contribution in [2.75, 3.05) is 5.32 Å². The first kappa shape index (κ1) is 11.9. The molecule has 2 rings (SSSR count). The van der Waals surface area contributed by atoms with E-state index in [2.05, 4.69) is 22.4 Å². The average Bonchev–Trinajstić information content (AvgIpc) is 2.27. The van der Waals surface area contributed by atoms with Crippen LogP contribution in [0.2, 0.25) is 10.3 Å². The van der Waals surface area contributed by atoms with Crippen molar-refractivity contribution >= 4 is 28.9 Å². The van der Waals surface area contributed by atoms with Crippen molar-refractivity contribution in [1.82, 2.24) is 10.2 Å². The minimum atomic E-state index is 0.371. The molecule has 0 aromatic carbocycles. The molecule has 0 atom stereocenters. The maximum absolute atomic E-state index is 5.95. The molecular weight excluding hydrogens is 245 g/mol. The molecule has 1 aromatic heterocycles. The number of halogens is 2. The van der Waals surface area contributed by atoms with E-state index >= 15 is 0 Å². The van der Waals surface area contributed by atoms with Gasteiger partial charge in [0.15, 0.2) is 10.3 Å². The molecule has 0 bridgehead atoms. The number of aromatic nitrogens is 2. The molecule has 0 aliphatic heterocycles. The fraction of sp³-hybridized carbons (Fsp3) is 0.636. The lowest BCUT2D eigenvalue weighted by Gasteiger charge is -2.27. The van der Waals surface area contributed by atoms with Crippen LogP contribution in [0.3, 0.4) is 0 Å². The van der Waals surface area contributed by atoms with Gasteiger partial charge in [-0.25, -0.2) is 0 Å². The maximum Gasteiger partial charge on any atom is 0.174 e. The van der Waals surface area contributed by atoms with Crippen LogP contribution < -0.4 is 5.32 Å². The maximum atomic E-state index is 5.95. The van der Waals surface area contributed by atoms with Crippen molar-refractivity contribution in [2.24, 2.45) is 5.92 Å². The highest BCUT2D eigenvalue weighted by atomic mass is 35.5. The van der Waals surface area contributed by atoms with Gasteiger partial charge in [0, 0.05) is 12.1 Å². The van der Waals surface area contributed by atoms with Crippen molar-refractivity contribution in [3.05, 3.63) is 16.4 Å². The lowest BCUT2D eigenvalue weighted by molar-refractivity contribution is 0.361. The largest absolute Gasteiger partial charge is 0.380 e. The van der Waals surface area contributed by atoms with Crippen LogP contribution in [-0.2, 0) is 0 Å². The summed E-state index contributed by atoms with van der Waals surface area (Å²) in [5.41, 5.74) is 0.793. The molecule has 0 amide bonds. The zero-order chi connectivity index (χ0) is 11.5. The van der Waals surface area contributed by atoms with Crippen LogP contribution in [0, 0.1) is 5.92 Å². The van der Waals surface area contributed by atoms with Gasteiger partial charge >= 0.3 is 0 Å². The number of nitrogens with one attached hydrogen (secondary N) is 1. The zero-order valence-electron chi connectivity index (χ0n) is 9.21. The summed E-state index contributed by atoms with van der Waals surface area (Å²) in [6.45, 7) is 2.30. The van der Waals surface area contributed by atoms with Gasteiger partial charge in [-0.05, 0) is 31.6 Å². The van der Waals surface area contributed by atoms with E-state index in [1.807, 2.05) is 0 Å². The van der Waals surface area contributed by atoms with E-state index in [1.165, 1.54) is 25.7 Å². The fourth-order valence-electron chi connectivity index (χ4n) is 2.08. The van der Waals surface area contributed by atoms with Crippen LogP contribution in [0.25, 0.3) is 0 Å². The van der Waals surface area contributed by atoms with E-state index in [-0.39, 0.29) is 0 Å². The van der Waals surface area contributed by atoms with E-state index in [0.29, 0.717) is 16.3 Å². The first-order valence-corrected chi connectivity index (χ1v) is 6.36. The summed E-state index contributed by atoms with van der Waals surface area (Å²) in [5.74, 6) is 0.840. The number of hydrogen-bond donors (Lipinski definition) is 1. The normalized spacial score (nSPS) is 25.4. The Morgan fingerprint density at radius 2 is 1.88 bits per heavy atom. The molecule has 3 nitrogen and oxygen atoms in total.